The van der Waals surface area contributed by atoms with Crippen molar-refractivity contribution in [1.29, 1.82) is 5.26 Å². The van der Waals surface area contributed by atoms with E-state index in [-0.39, 0.29) is 25.3 Å². The first-order chi connectivity index (χ1) is 9.04. The maximum absolute atomic E-state index is 13.6. The van der Waals surface area contributed by atoms with E-state index in [4.69, 9.17) is 10.00 Å². The number of nitrogens with one attached hydrogen (secondary N) is 1. The number of amides is 1. The molecule has 0 radical (unpaired) electrons. The Balaban J connectivity index is 2.50. The van der Waals surface area contributed by atoms with Crippen LogP contribution in [0.3, 0.4) is 0 Å². The number of ether oxygens (including phenoxy) is 1. The third-order valence-corrected chi connectivity index (χ3v) is 2.36. The Kier molecular flexibility index (Phi) is 5.76. The summed E-state index contributed by atoms with van der Waals surface area (Å²) in [5, 5.41) is 20.0. The average molecular weight is 266 g/mol. The predicted octanol–water partition coefficient (Wildman–Crippen LogP) is 1.29. The molecule has 0 unspecified atom stereocenters. The molecule has 1 atom stereocenters. The summed E-state index contributed by atoms with van der Waals surface area (Å²) in [6.07, 6.45) is -0.554. The number of halogens is 1. The fourth-order valence-corrected chi connectivity index (χ4v) is 1.35. The maximum Gasteiger partial charge on any atom is 0.257 e. The van der Waals surface area contributed by atoms with Gasteiger partial charge in [-0.3, -0.25) is 4.79 Å². The van der Waals surface area contributed by atoms with Gasteiger partial charge in [-0.05, 0) is 24.6 Å². The summed E-state index contributed by atoms with van der Waals surface area (Å²) in [4.78, 5) is 11.3. The van der Waals surface area contributed by atoms with Gasteiger partial charge in [0.2, 0.25) is 0 Å². The molecule has 2 N–H and O–H groups in total. The number of carbonyl (C=O) groups is 1. The van der Waals surface area contributed by atoms with Crippen LogP contribution in [0.4, 0.5) is 4.39 Å². The van der Waals surface area contributed by atoms with Crippen molar-refractivity contribution in [2.75, 3.05) is 13.2 Å². The first-order valence-electron chi connectivity index (χ1n) is 5.78. The number of hydrogen-bond donors (Lipinski definition) is 2. The van der Waals surface area contributed by atoms with Crippen molar-refractivity contribution in [3.05, 3.63) is 29.6 Å². The first kappa shape index (κ1) is 14.9. The second kappa shape index (κ2) is 7.34. The highest BCUT2D eigenvalue weighted by atomic mass is 19.1. The molecule has 0 aliphatic heterocycles. The van der Waals surface area contributed by atoms with E-state index in [9.17, 15) is 14.3 Å². The van der Waals surface area contributed by atoms with Gasteiger partial charge in [-0.15, -0.1) is 0 Å². The number of hydrogen-bond acceptors (Lipinski definition) is 4. The molecule has 0 saturated heterocycles. The van der Waals surface area contributed by atoms with Gasteiger partial charge in [-0.1, -0.05) is 6.07 Å². The summed E-state index contributed by atoms with van der Waals surface area (Å²) in [6.45, 7) is 1.44. The Bertz CT molecular complexity index is 483. The lowest BCUT2D eigenvalue weighted by atomic mass is 10.1. The maximum atomic E-state index is 13.6. The second-order valence-electron chi connectivity index (χ2n) is 3.91. The van der Waals surface area contributed by atoms with Crippen molar-refractivity contribution in [2.24, 2.45) is 0 Å². The fourth-order valence-electron chi connectivity index (χ4n) is 1.35. The van der Waals surface area contributed by atoms with Gasteiger partial charge in [-0.25, -0.2) is 4.39 Å². The van der Waals surface area contributed by atoms with Crippen LogP contribution < -0.4 is 10.1 Å². The van der Waals surface area contributed by atoms with Crippen LogP contribution in [-0.2, 0) is 4.79 Å². The second-order valence-corrected chi connectivity index (χ2v) is 3.91. The van der Waals surface area contributed by atoms with Gasteiger partial charge in [0, 0.05) is 6.54 Å². The normalized spacial score (nSPS) is 11.5. The van der Waals surface area contributed by atoms with Crippen molar-refractivity contribution in [3.63, 3.8) is 0 Å². The number of benzene rings is 1. The Labute approximate surface area is 110 Å². The molecule has 0 aromatic heterocycles. The molecular formula is C13H15FN2O3. The Morgan fingerprint density at radius 1 is 1.63 bits per heavy atom. The van der Waals surface area contributed by atoms with Gasteiger partial charge in [0.1, 0.15) is 0 Å². The van der Waals surface area contributed by atoms with Crippen LogP contribution in [0.15, 0.2) is 18.2 Å². The van der Waals surface area contributed by atoms with E-state index in [1.54, 1.807) is 0 Å². The molecule has 0 bridgehead atoms. The zero-order chi connectivity index (χ0) is 14.3. The third-order valence-electron chi connectivity index (χ3n) is 2.36. The van der Waals surface area contributed by atoms with E-state index in [0.717, 1.165) is 6.07 Å². The van der Waals surface area contributed by atoms with E-state index >= 15 is 0 Å². The minimum absolute atomic E-state index is 0.0557. The number of aliphatic hydroxyl groups is 1. The van der Waals surface area contributed by atoms with Crippen molar-refractivity contribution in [1.82, 2.24) is 5.32 Å². The third kappa shape index (κ3) is 4.94. The van der Waals surface area contributed by atoms with Crippen LogP contribution in [0.2, 0.25) is 0 Å². The van der Waals surface area contributed by atoms with Crippen LogP contribution in [0.25, 0.3) is 0 Å². The average Bonchev–Trinajstić information content (AvgIpc) is 2.37. The molecule has 1 amide bonds. The van der Waals surface area contributed by atoms with Crippen molar-refractivity contribution in [3.8, 4) is 11.8 Å². The molecule has 1 aromatic carbocycles. The van der Waals surface area contributed by atoms with Crippen LogP contribution >= 0.6 is 0 Å². The standard InChI is InChI=1S/C13H15FN2O3/c1-9(17)10-3-4-12(11(14)7-10)19-8-13(18)16-6-2-5-15/h3-4,7,9,17H,2,6,8H2,1H3,(H,16,18)/t9-/m0/s1. The Morgan fingerprint density at radius 2 is 2.37 bits per heavy atom. The predicted molar refractivity (Wildman–Crippen MR) is 65.8 cm³/mol. The number of nitrogens with zero attached hydrogens (tertiary/aromatic N) is 1. The fraction of sp³-hybridized carbons (Fsp3) is 0.385. The highest BCUT2D eigenvalue weighted by Gasteiger charge is 2.09. The monoisotopic (exact) mass is 266 g/mol. The molecule has 1 aromatic rings. The number of rotatable bonds is 6. The van der Waals surface area contributed by atoms with Gasteiger partial charge in [0.15, 0.2) is 18.2 Å². The lowest BCUT2D eigenvalue weighted by Crippen LogP contribution is -2.29. The Hall–Kier alpha value is -2.13. The lowest BCUT2D eigenvalue weighted by molar-refractivity contribution is -0.123. The molecule has 0 aliphatic carbocycles. The van der Waals surface area contributed by atoms with Crippen molar-refractivity contribution in [2.45, 2.75) is 19.4 Å². The highest BCUT2D eigenvalue weighted by molar-refractivity contribution is 5.77. The Morgan fingerprint density at radius 3 is 2.95 bits per heavy atom. The van der Waals surface area contributed by atoms with Gasteiger partial charge in [-0.2, -0.15) is 5.26 Å². The summed E-state index contributed by atoms with van der Waals surface area (Å²) in [7, 11) is 0. The summed E-state index contributed by atoms with van der Waals surface area (Å²) in [5.74, 6) is -1.11. The molecule has 0 heterocycles. The topological polar surface area (TPSA) is 82.3 Å². The first-order valence-corrected chi connectivity index (χ1v) is 5.78. The quantitative estimate of drug-likeness (QED) is 0.760. The smallest absolute Gasteiger partial charge is 0.257 e. The molecule has 6 heteroatoms. The van der Waals surface area contributed by atoms with Crippen LogP contribution in [0.1, 0.15) is 25.0 Å². The summed E-state index contributed by atoms with van der Waals surface area (Å²) >= 11 is 0. The van der Waals surface area contributed by atoms with E-state index in [1.807, 2.05) is 6.07 Å². The summed E-state index contributed by atoms with van der Waals surface area (Å²) in [6, 6.07) is 5.93. The molecule has 0 saturated carbocycles. The van der Waals surface area contributed by atoms with E-state index < -0.39 is 17.8 Å². The van der Waals surface area contributed by atoms with Gasteiger partial charge in [0.25, 0.3) is 5.91 Å². The zero-order valence-corrected chi connectivity index (χ0v) is 10.5. The van der Waals surface area contributed by atoms with Crippen LogP contribution in [0, 0.1) is 17.1 Å². The molecule has 19 heavy (non-hydrogen) atoms. The number of nitriles is 1. The van der Waals surface area contributed by atoms with Crippen molar-refractivity contribution < 1.29 is 19.0 Å². The van der Waals surface area contributed by atoms with Crippen molar-refractivity contribution >= 4 is 5.91 Å². The number of carbonyl (C=O) groups excluding carboxylic acids is 1. The van der Waals surface area contributed by atoms with Gasteiger partial charge >= 0.3 is 0 Å². The molecule has 0 fully saturated rings. The SMILES string of the molecule is C[C@H](O)c1ccc(OCC(=O)NCCC#N)c(F)c1. The van der Waals surface area contributed by atoms with Crippen LogP contribution in [-0.4, -0.2) is 24.2 Å². The van der Waals surface area contributed by atoms with E-state index in [2.05, 4.69) is 5.32 Å². The minimum atomic E-state index is -0.766. The summed E-state index contributed by atoms with van der Waals surface area (Å²) < 4.78 is 18.6. The zero-order valence-electron chi connectivity index (χ0n) is 10.5. The molecule has 102 valence electrons. The van der Waals surface area contributed by atoms with E-state index in [1.165, 1.54) is 19.1 Å². The number of aliphatic hydroxyl groups excluding tert-OH is 1. The van der Waals surface area contributed by atoms with Gasteiger partial charge in [0.05, 0.1) is 18.6 Å². The largest absolute Gasteiger partial charge is 0.481 e. The minimum Gasteiger partial charge on any atom is -0.481 e. The summed E-state index contributed by atoms with van der Waals surface area (Å²) in [5.41, 5.74) is 0.434. The van der Waals surface area contributed by atoms with E-state index in [0.29, 0.717) is 5.56 Å². The molecule has 1 rings (SSSR count). The molecule has 0 aliphatic rings. The molecule has 0 spiro atoms. The highest BCUT2D eigenvalue weighted by Crippen LogP contribution is 2.21. The molecule has 5 nitrogen and oxygen atoms in total. The lowest BCUT2D eigenvalue weighted by Gasteiger charge is -2.10. The molecular weight excluding hydrogens is 251 g/mol. The van der Waals surface area contributed by atoms with Crippen LogP contribution in [0.5, 0.6) is 5.75 Å². The van der Waals surface area contributed by atoms with Gasteiger partial charge < -0.3 is 15.2 Å².